The van der Waals surface area contributed by atoms with Gasteiger partial charge >= 0.3 is 0 Å². The van der Waals surface area contributed by atoms with Crippen molar-refractivity contribution in [1.29, 1.82) is 0 Å². The van der Waals surface area contributed by atoms with Crippen molar-refractivity contribution in [2.45, 2.75) is 25.0 Å². The minimum Gasteiger partial charge on any atom is -0.385 e. The molecule has 1 N–H and O–H groups in total. The first kappa shape index (κ1) is 12.2. The maximum atomic E-state index is 10.5. The standard InChI is InChI=1S/C17H20N2O/c1-17(20)8-13-12-5-4-6-14-16(12)11(9-18(14)2)7-15(13)19(3)10-17/h4-6,8-9,15,20H,7,10H2,1-3H3/t15-,17+/m0/s1. The second-order valence-corrected chi connectivity index (χ2v) is 6.56. The quantitative estimate of drug-likeness (QED) is 0.793. The Labute approximate surface area is 119 Å². The lowest BCUT2D eigenvalue weighted by atomic mass is 9.79. The first-order valence-electron chi connectivity index (χ1n) is 7.19. The molecule has 2 atom stereocenters. The molecule has 0 saturated carbocycles. The highest BCUT2D eigenvalue weighted by atomic mass is 16.3. The van der Waals surface area contributed by atoms with Gasteiger partial charge in [0.2, 0.25) is 0 Å². The van der Waals surface area contributed by atoms with Crippen molar-refractivity contribution in [3.05, 3.63) is 41.6 Å². The summed E-state index contributed by atoms with van der Waals surface area (Å²) in [5.74, 6) is 0. The van der Waals surface area contributed by atoms with Crippen molar-refractivity contribution in [3.63, 3.8) is 0 Å². The first-order chi connectivity index (χ1) is 9.46. The molecule has 2 aliphatic rings. The molecule has 0 spiro atoms. The Hall–Kier alpha value is -1.58. The first-order valence-corrected chi connectivity index (χ1v) is 7.19. The summed E-state index contributed by atoms with van der Waals surface area (Å²) in [7, 11) is 4.22. The predicted octanol–water partition coefficient (Wildman–Crippen LogP) is 2.18. The van der Waals surface area contributed by atoms with E-state index in [0.29, 0.717) is 12.6 Å². The molecule has 0 unspecified atom stereocenters. The second-order valence-electron chi connectivity index (χ2n) is 6.56. The molecule has 0 fully saturated rings. The summed E-state index contributed by atoms with van der Waals surface area (Å²) in [6.45, 7) is 2.59. The third-order valence-corrected chi connectivity index (χ3v) is 4.74. The summed E-state index contributed by atoms with van der Waals surface area (Å²) in [6.07, 6.45) is 5.36. The zero-order valence-electron chi connectivity index (χ0n) is 12.2. The number of likely N-dealkylation sites (N-methyl/N-ethyl adjacent to an activating group) is 1. The van der Waals surface area contributed by atoms with Crippen molar-refractivity contribution in [2.75, 3.05) is 13.6 Å². The average molecular weight is 268 g/mol. The molecule has 2 aromatic rings. The topological polar surface area (TPSA) is 28.4 Å². The van der Waals surface area contributed by atoms with Crippen LogP contribution in [0.1, 0.15) is 18.1 Å². The number of aliphatic hydroxyl groups is 1. The van der Waals surface area contributed by atoms with E-state index >= 15 is 0 Å². The summed E-state index contributed by atoms with van der Waals surface area (Å²) >= 11 is 0. The molecule has 0 amide bonds. The molecule has 1 aromatic heterocycles. The van der Waals surface area contributed by atoms with Crippen LogP contribution in [0.3, 0.4) is 0 Å². The van der Waals surface area contributed by atoms with Gasteiger partial charge in [0.25, 0.3) is 0 Å². The number of hydrogen-bond acceptors (Lipinski definition) is 2. The van der Waals surface area contributed by atoms with Crippen molar-refractivity contribution < 1.29 is 5.11 Å². The number of benzene rings is 1. The Kier molecular flexibility index (Phi) is 2.28. The zero-order valence-corrected chi connectivity index (χ0v) is 12.2. The van der Waals surface area contributed by atoms with Gasteiger partial charge in [-0.1, -0.05) is 12.1 Å². The van der Waals surface area contributed by atoms with Gasteiger partial charge in [0.1, 0.15) is 0 Å². The molecule has 104 valence electrons. The van der Waals surface area contributed by atoms with E-state index in [1.54, 1.807) is 0 Å². The second kappa shape index (κ2) is 3.74. The van der Waals surface area contributed by atoms with Gasteiger partial charge in [-0.3, -0.25) is 4.90 Å². The van der Waals surface area contributed by atoms with Gasteiger partial charge in [-0.05, 0) is 49.2 Å². The van der Waals surface area contributed by atoms with Gasteiger partial charge in [0.15, 0.2) is 0 Å². The van der Waals surface area contributed by atoms with Crippen LogP contribution in [0, 0.1) is 0 Å². The van der Waals surface area contributed by atoms with Crippen LogP contribution in [0.4, 0.5) is 0 Å². The third-order valence-electron chi connectivity index (χ3n) is 4.74. The predicted molar refractivity (Wildman–Crippen MR) is 81.6 cm³/mol. The van der Waals surface area contributed by atoms with Gasteiger partial charge in [0.05, 0.1) is 5.60 Å². The fraction of sp³-hybridized carbons (Fsp3) is 0.412. The van der Waals surface area contributed by atoms with Crippen molar-refractivity contribution in [1.82, 2.24) is 9.47 Å². The van der Waals surface area contributed by atoms with E-state index in [2.05, 4.69) is 54.0 Å². The zero-order chi connectivity index (χ0) is 14.1. The Morgan fingerprint density at radius 3 is 2.90 bits per heavy atom. The normalized spacial score (nSPS) is 29.4. The van der Waals surface area contributed by atoms with Crippen LogP contribution < -0.4 is 0 Å². The Morgan fingerprint density at radius 2 is 2.10 bits per heavy atom. The Morgan fingerprint density at radius 1 is 1.30 bits per heavy atom. The summed E-state index contributed by atoms with van der Waals surface area (Å²) in [5, 5.41) is 11.8. The number of hydrogen-bond donors (Lipinski definition) is 1. The molecule has 1 aromatic carbocycles. The summed E-state index contributed by atoms with van der Waals surface area (Å²) in [4.78, 5) is 2.28. The molecule has 3 heteroatoms. The molecule has 4 rings (SSSR count). The molecule has 1 aliphatic carbocycles. The number of aromatic nitrogens is 1. The lowest BCUT2D eigenvalue weighted by molar-refractivity contribution is 0.0543. The highest BCUT2D eigenvalue weighted by Crippen LogP contribution is 2.41. The number of aryl methyl sites for hydroxylation is 1. The molecule has 1 aliphatic heterocycles. The Bertz CT molecular complexity index is 739. The van der Waals surface area contributed by atoms with Gasteiger partial charge in [-0.2, -0.15) is 0 Å². The van der Waals surface area contributed by atoms with Crippen molar-refractivity contribution in [3.8, 4) is 0 Å². The molecule has 2 heterocycles. The largest absolute Gasteiger partial charge is 0.385 e. The fourth-order valence-corrected chi connectivity index (χ4v) is 4.00. The summed E-state index contributed by atoms with van der Waals surface area (Å²) in [6, 6.07) is 6.87. The maximum Gasteiger partial charge on any atom is 0.0932 e. The van der Waals surface area contributed by atoms with Gasteiger partial charge in [-0.25, -0.2) is 0 Å². The molecule has 3 nitrogen and oxygen atoms in total. The average Bonchev–Trinajstić information content (AvgIpc) is 2.69. The lowest BCUT2D eigenvalue weighted by Crippen LogP contribution is -2.49. The van der Waals surface area contributed by atoms with Gasteiger partial charge < -0.3 is 9.67 Å². The van der Waals surface area contributed by atoms with E-state index < -0.39 is 5.60 Å². The minimum atomic E-state index is -0.741. The number of β-amino-alcohol motifs (C(OH)–C–C–N with tert-alkyl or cyclic N) is 1. The molecular weight excluding hydrogens is 248 g/mol. The van der Waals surface area contributed by atoms with Crippen LogP contribution >= 0.6 is 0 Å². The van der Waals surface area contributed by atoms with Crippen molar-refractivity contribution >= 4 is 16.5 Å². The molecule has 0 saturated heterocycles. The molecule has 0 bridgehead atoms. The molecule has 0 radical (unpaired) electrons. The van der Waals surface area contributed by atoms with Crippen LogP contribution in [-0.2, 0) is 13.5 Å². The summed E-state index contributed by atoms with van der Waals surface area (Å²) < 4.78 is 2.21. The maximum absolute atomic E-state index is 10.5. The van der Waals surface area contributed by atoms with E-state index in [-0.39, 0.29) is 0 Å². The third kappa shape index (κ3) is 1.54. The monoisotopic (exact) mass is 268 g/mol. The van der Waals surface area contributed by atoms with Crippen molar-refractivity contribution in [2.24, 2.45) is 7.05 Å². The van der Waals surface area contributed by atoms with E-state index in [1.807, 2.05) is 6.92 Å². The smallest absolute Gasteiger partial charge is 0.0932 e. The highest BCUT2D eigenvalue weighted by Gasteiger charge is 2.37. The SMILES string of the molecule is CN1C[C@](C)(O)C=C2c3cccc4c3c(cn4C)C[C@@H]21. The number of rotatable bonds is 0. The van der Waals surface area contributed by atoms with Crippen LogP contribution in [0.15, 0.2) is 30.5 Å². The minimum absolute atomic E-state index is 0.385. The van der Waals surface area contributed by atoms with Crippen LogP contribution in [0.2, 0.25) is 0 Å². The van der Waals surface area contributed by atoms with Crippen LogP contribution in [0.5, 0.6) is 0 Å². The van der Waals surface area contributed by atoms with E-state index in [0.717, 1.165) is 6.42 Å². The highest BCUT2D eigenvalue weighted by molar-refractivity contribution is 5.98. The van der Waals surface area contributed by atoms with E-state index in [4.69, 9.17) is 0 Å². The number of fused-ring (bicyclic) bond motifs is 2. The fourth-order valence-electron chi connectivity index (χ4n) is 4.00. The van der Waals surface area contributed by atoms with Gasteiger partial charge in [-0.15, -0.1) is 0 Å². The van der Waals surface area contributed by atoms with Crippen LogP contribution in [0.25, 0.3) is 16.5 Å². The van der Waals surface area contributed by atoms with E-state index in [9.17, 15) is 5.11 Å². The number of nitrogens with zero attached hydrogens (tertiary/aromatic N) is 2. The summed E-state index contributed by atoms with van der Waals surface area (Å²) in [5.41, 5.74) is 4.54. The van der Waals surface area contributed by atoms with E-state index in [1.165, 1.54) is 27.6 Å². The Balaban J connectivity index is 2.04. The van der Waals surface area contributed by atoms with Gasteiger partial charge in [0, 0.05) is 36.7 Å². The molecule has 20 heavy (non-hydrogen) atoms. The lowest BCUT2D eigenvalue weighted by Gasteiger charge is -2.42. The molecular formula is C17H20N2O. The van der Waals surface area contributed by atoms with Crippen LogP contribution in [-0.4, -0.2) is 39.8 Å².